The molecule has 2 amide bonds. The second-order valence-electron chi connectivity index (χ2n) is 8.59. The van der Waals surface area contributed by atoms with Crippen LogP contribution in [0.5, 0.6) is 0 Å². The van der Waals surface area contributed by atoms with Crippen molar-refractivity contribution in [1.29, 1.82) is 0 Å². The van der Waals surface area contributed by atoms with Crippen LogP contribution in [-0.2, 0) is 23.9 Å². The SMILES string of the molecule is CSc1ccc(CC(=O)N2CCC(c3nc(C(=O)NCc4ccccc4C(F)(F)F)cs3)CC2)cc1. The van der Waals surface area contributed by atoms with E-state index < -0.39 is 17.6 Å². The first-order valence-corrected chi connectivity index (χ1v) is 13.6. The highest BCUT2D eigenvalue weighted by Crippen LogP contribution is 2.32. The molecule has 0 radical (unpaired) electrons. The molecular weight excluding hydrogens is 507 g/mol. The second kappa shape index (κ2) is 11.5. The molecule has 10 heteroatoms. The van der Waals surface area contributed by atoms with Crippen LogP contribution < -0.4 is 5.32 Å². The Balaban J connectivity index is 1.29. The van der Waals surface area contributed by atoms with Gasteiger partial charge in [-0.25, -0.2) is 4.98 Å². The van der Waals surface area contributed by atoms with E-state index in [0.717, 1.165) is 34.4 Å². The number of likely N-dealkylation sites (tertiary alicyclic amines) is 1. The molecule has 5 nitrogen and oxygen atoms in total. The third-order valence-corrected chi connectivity index (χ3v) is 7.98. The van der Waals surface area contributed by atoms with Crippen LogP contribution in [-0.4, -0.2) is 41.0 Å². The predicted octanol–water partition coefficient (Wildman–Crippen LogP) is 5.76. The molecule has 0 spiro atoms. The van der Waals surface area contributed by atoms with Crippen molar-refractivity contribution < 1.29 is 22.8 Å². The first-order chi connectivity index (χ1) is 17.2. The third-order valence-electron chi connectivity index (χ3n) is 6.23. The van der Waals surface area contributed by atoms with E-state index in [1.54, 1.807) is 17.1 Å². The molecule has 2 aromatic carbocycles. The number of hydrogen-bond acceptors (Lipinski definition) is 5. The van der Waals surface area contributed by atoms with E-state index in [1.807, 2.05) is 35.4 Å². The lowest BCUT2D eigenvalue weighted by atomic mass is 9.97. The Hall–Kier alpha value is -2.85. The maximum absolute atomic E-state index is 13.2. The summed E-state index contributed by atoms with van der Waals surface area (Å²) in [4.78, 5) is 32.7. The van der Waals surface area contributed by atoms with Gasteiger partial charge < -0.3 is 10.2 Å². The number of amides is 2. The minimum absolute atomic E-state index is 0.00559. The first-order valence-electron chi connectivity index (χ1n) is 11.5. The summed E-state index contributed by atoms with van der Waals surface area (Å²) in [5.41, 5.74) is 0.439. The second-order valence-corrected chi connectivity index (χ2v) is 10.4. The van der Waals surface area contributed by atoms with Crippen LogP contribution in [0.4, 0.5) is 13.2 Å². The van der Waals surface area contributed by atoms with Gasteiger partial charge in [0.2, 0.25) is 5.91 Å². The van der Waals surface area contributed by atoms with Gasteiger partial charge in [-0.2, -0.15) is 13.2 Å². The molecule has 0 aliphatic carbocycles. The van der Waals surface area contributed by atoms with Crippen LogP contribution in [0.2, 0.25) is 0 Å². The molecule has 0 bridgehead atoms. The van der Waals surface area contributed by atoms with Gasteiger partial charge in [0, 0.05) is 35.8 Å². The fourth-order valence-electron chi connectivity index (χ4n) is 4.20. The number of piperidine rings is 1. The summed E-state index contributed by atoms with van der Waals surface area (Å²) in [5, 5.41) is 5.00. The number of alkyl halides is 3. The first kappa shape index (κ1) is 26.2. The monoisotopic (exact) mass is 533 g/mol. The molecule has 1 fully saturated rings. The fraction of sp³-hybridized carbons (Fsp3) is 0.346. The molecule has 0 saturated carbocycles. The molecule has 36 heavy (non-hydrogen) atoms. The molecule has 1 aliphatic heterocycles. The Morgan fingerprint density at radius 2 is 1.81 bits per heavy atom. The van der Waals surface area contributed by atoms with Crippen LogP contribution in [0, 0.1) is 0 Å². The molecule has 190 valence electrons. The van der Waals surface area contributed by atoms with E-state index in [4.69, 9.17) is 0 Å². The summed E-state index contributed by atoms with van der Waals surface area (Å²) in [6.07, 6.45) is -0.585. The van der Waals surface area contributed by atoms with E-state index >= 15 is 0 Å². The Morgan fingerprint density at radius 3 is 2.47 bits per heavy atom. The van der Waals surface area contributed by atoms with Crippen molar-refractivity contribution in [2.45, 2.75) is 42.8 Å². The molecule has 4 rings (SSSR count). The summed E-state index contributed by atoms with van der Waals surface area (Å²) >= 11 is 3.03. The normalized spacial score (nSPS) is 14.6. The summed E-state index contributed by atoms with van der Waals surface area (Å²) < 4.78 is 39.5. The lowest BCUT2D eigenvalue weighted by molar-refractivity contribution is -0.138. The largest absolute Gasteiger partial charge is 0.416 e. The Bertz CT molecular complexity index is 1200. The van der Waals surface area contributed by atoms with E-state index in [9.17, 15) is 22.8 Å². The van der Waals surface area contributed by atoms with Gasteiger partial charge in [-0.3, -0.25) is 9.59 Å². The maximum Gasteiger partial charge on any atom is 0.416 e. The zero-order chi connectivity index (χ0) is 25.7. The van der Waals surface area contributed by atoms with Gasteiger partial charge in [0.15, 0.2) is 0 Å². The van der Waals surface area contributed by atoms with Crippen molar-refractivity contribution in [3.63, 3.8) is 0 Å². The highest BCUT2D eigenvalue weighted by Gasteiger charge is 2.33. The zero-order valence-corrected chi connectivity index (χ0v) is 21.3. The van der Waals surface area contributed by atoms with E-state index in [0.29, 0.717) is 19.5 Å². The third kappa shape index (κ3) is 6.47. The number of carbonyl (C=O) groups is 2. The van der Waals surface area contributed by atoms with Crippen molar-refractivity contribution in [1.82, 2.24) is 15.2 Å². The average Bonchev–Trinajstić information content (AvgIpc) is 3.38. The molecule has 1 aromatic heterocycles. The molecule has 3 aromatic rings. The summed E-state index contributed by atoms with van der Waals surface area (Å²) in [6.45, 7) is 1.02. The molecular formula is C26H26F3N3O2S2. The van der Waals surface area contributed by atoms with Gasteiger partial charge in [0.25, 0.3) is 5.91 Å². The van der Waals surface area contributed by atoms with Gasteiger partial charge in [0.05, 0.1) is 17.0 Å². The standard InChI is InChI=1S/C26H26F3N3O2S2/c1-35-20-8-6-17(7-9-20)14-23(33)32-12-10-18(11-13-32)25-31-22(16-36-25)24(34)30-15-19-4-2-3-5-21(19)26(27,28)29/h2-9,16,18H,10-15H2,1H3,(H,30,34). The van der Waals surface area contributed by atoms with Crippen molar-refractivity contribution in [2.24, 2.45) is 0 Å². The lowest BCUT2D eigenvalue weighted by Gasteiger charge is -2.31. The Kier molecular flexibility index (Phi) is 8.35. The molecule has 0 atom stereocenters. The number of nitrogens with one attached hydrogen (secondary N) is 1. The number of carbonyl (C=O) groups excluding carboxylic acids is 2. The molecule has 1 N–H and O–H groups in total. The van der Waals surface area contributed by atoms with Gasteiger partial charge in [-0.05, 0) is 48.4 Å². The number of thiazole rings is 1. The minimum Gasteiger partial charge on any atom is -0.347 e. The Labute approximate surface area is 216 Å². The van der Waals surface area contributed by atoms with Gasteiger partial charge in [0.1, 0.15) is 5.69 Å². The van der Waals surface area contributed by atoms with E-state index in [-0.39, 0.29) is 29.6 Å². The van der Waals surface area contributed by atoms with Crippen LogP contribution in [0.15, 0.2) is 58.8 Å². The summed E-state index contributed by atoms with van der Waals surface area (Å²) in [7, 11) is 0. The smallest absolute Gasteiger partial charge is 0.347 e. The van der Waals surface area contributed by atoms with Crippen LogP contribution in [0.1, 0.15) is 50.9 Å². The molecule has 1 aliphatic rings. The number of benzene rings is 2. The Morgan fingerprint density at radius 1 is 1.11 bits per heavy atom. The average molecular weight is 534 g/mol. The number of rotatable bonds is 7. The van der Waals surface area contributed by atoms with Crippen molar-refractivity contribution >= 4 is 34.9 Å². The van der Waals surface area contributed by atoms with Crippen molar-refractivity contribution in [2.75, 3.05) is 19.3 Å². The number of aromatic nitrogens is 1. The van der Waals surface area contributed by atoms with E-state index in [2.05, 4.69) is 10.3 Å². The van der Waals surface area contributed by atoms with Crippen LogP contribution >= 0.6 is 23.1 Å². The minimum atomic E-state index is -4.48. The topological polar surface area (TPSA) is 62.3 Å². The van der Waals surface area contributed by atoms with Gasteiger partial charge in [-0.15, -0.1) is 23.1 Å². The quantitative estimate of drug-likeness (QED) is 0.392. The van der Waals surface area contributed by atoms with Crippen molar-refractivity contribution in [3.05, 3.63) is 81.3 Å². The number of halogens is 3. The van der Waals surface area contributed by atoms with Crippen LogP contribution in [0.25, 0.3) is 0 Å². The lowest BCUT2D eigenvalue weighted by Crippen LogP contribution is -2.38. The number of thioether (sulfide) groups is 1. The predicted molar refractivity (Wildman–Crippen MR) is 135 cm³/mol. The van der Waals surface area contributed by atoms with Gasteiger partial charge >= 0.3 is 6.18 Å². The van der Waals surface area contributed by atoms with Crippen LogP contribution in [0.3, 0.4) is 0 Å². The summed E-state index contributed by atoms with van der Waals surface area (Å²) in [5.74, 6) is -0.259. The maximum atomic E-state index is 13.2. The highest BCUT2D eigenvalue weighted by atomic mass is 32.2. The summed E-state index contributed by atoms with van der Waals surface area (Å²) in [6, 6.07) is 13.2. The molecule has 1 saturated heterocycles. The zero-order valence-electron chi connectivity index (χ0n) is 19.7. The molecule has 0 unspecified atom stereocenters. The van der Waals surface area contributed by atoms with Gasteiger partial charge in [-0.1, -0.05) is 30.3 Å². The fourth-order valence-corrected chi connectivity index (χ4v) is 5.58. The number of nitrogens with zero attached hydrogens (tertiary/aromatic N) is 2. The highest BCUT2D eigenvalue weighted by molar-refractivity contribution is 7.98. The molecule has 2 heterocycles. The number of hydrogen-bond donors (Lipinski definition) is 1. The van der Waals surface area contributed by atoms with Crippen molar-refractivity contribution in [3.8, 4) is 0 Å². The van der Waals surface area contributed by atoms with E-state index in [1.165, 1.54) is 29.5 Å².